The van der Waals surface area contributed by atoms with Gasteiger partial charge in [-0.15, -0.1) is 0 Å². The van der Waals surface area contributed by atoms with Crippen molar-refractivity contribution in [3.8, 4) is 0 Å². The fraction of sp³-hybridized carbons (Fsp3) is 1.00. The average molecular weight is 236 g/mol. The van der Waals surface area contributed by atoms with Gasteiger partial charge >= 0.3 is 6.18 Å². The van der Waals surface area contributed by atoms with Gasteiger partial charge in [-0.3, -0.25) is 4.90 Å². The fourth-order valence-corrected chi connectivity index (χ4v) is 2.86. The lowest BCUT2D eigenvalue weighted by molar-refractivity contribution is -0.188. The predicted octanol–water partition coefficient (Wildman–Crippen LogP) is 1.87. The van der Waals surface area contributed by atoms with Gasteiger partial charge in [-0.2, -0.15) is 13.2 Å². The maximum atomic E-state index is 12.7. The van der Waals surface area contributed by atoms with E-state index in [1.165, 1.54) is 0 Å². The lowest BCUT2D eigenvalue weighted by atomic mass is 9.94. The van der Waals surface area contributed by atoms with Crippen molar-refractivity contribution in [1.82, 2.24) is 10.2 Å². The van der Waals surface area contributed by atoms with Crippen LogP contribution in [0.2, 0.25) is 0 Å². The molecule has 0 amide bonds. The number of nitrogens with one attached hydrogen (secondary N) is 1. The van der Waals surface area contributed by atoms with Gasteiger partial charge < -0.3 is 5.32 Å². The van der Waals surface area contributed by atoms with Gasteiger partial charge in [0.25, 0.3) is 0 Å². The fourth-order valence-electron chi connectivity index (χ4n) is 2.86. The number of hydrogen-bond donors (Lipinski definition) is 1. The Bertz CT molecular complexity index is 242. The van der Waals surface area contributed by atoms with Crippen LogP contribution in [0.1, 0.15) is 19.8 Å². The SMILES string of the molecule is CC1CNCC1N1CCCC(C(F)(F)F)C1. The normalized spacial score (nSPS) is 37.9. The minimum Gasteiger partial charge on any atom is -0.315 e. The quantitative estimate of drug-likeness (QED) is 0.747. The number of alkyl halides is 3. The molecule has 3 atom stereocenters. The molecule has 2 heterocycles. The third-order valence-electron chi connectivity index (χ3n) is 3.86. The summed E-state index contributed by atoms with van der Waals surface area (Å²) < 4.78 is 38.0. The Hall–Kier alpha value is -0.290. The Kier molecular flexibility index (Phi) is 3.45. The molecule has 0 aromatic heterocycles. The molecule has 0 aromatic rings. The predicted molar refractivity (Wildman–Crippen MR) is 56.2 cm³/mol. The smallest absolute Gasteiger partial charge is 0.315 e. The molecule has 2 saturated heterocycles. The molecule has 1 N–H and O–H groups in total. The molecule has 2 aliphatic rings. The molecular weight excluding hydrogens is 217 g/mol. The molecule has 0 bridgehead atoms. The Balaban J connectivity index is 1.96. The molecule has 0 aromatic carbocycles. The van der Waals surface area contributed by atoms with Gasteiger partial charge in [-0.25, -0.2) is 0 Å². The van der Waals surface area contributed by atoms with Gasteiger partial charge in [0.05, 0.1) is 5.92 Å². The number of hydrogen-bond acceptors (Lipinski definition) is 2. The first kappa shape index (κ1) is 12.2. The monoisotopic (exact) mass is 236 g/mol. The van der Waals surface area contributed by atoms with Crippen molar-refractivity contribution in [2.24, 2.45) is 11.8 Å². The summed E-state index contributed by atoms with van der Waals surface area (Å²) in [6, 6.07) is 0.296. The van der Waals surface area contributed by atoms with Gasteiger partial charge in [0.1, 0.15) is 0 Å². The van der Waals surface area contributed by atoms with Gasteiger partial charge in [0, 0.05) is 19.1 Å². The summed E-state index contributed by atoms with van der Waals surface area (Å²) in [5.74, 6) is -0.652. The molecule has 2 nitrogen and oxygen atoms in total. The Labute approximate surface area is 94.2 Å². The van der Waals surface area contributed by atoms with Crippen LogP contribution in [-0.4, -0.2) is 43.3 Å². The van der Waals surface area contributed by atoms with E-state index in [2.05, 4.69) is 12.2 Å². The second-order valence-electron chi connectivity index (χ2n) is 5.08. The van der Waals surface area contributed by atoms with E-state index in [1.54, 1.807) is 0 Å². The molecule has 0 radical (unpaired) electrons. The van der Waals surface area contributed by atoms with Crippen LogP contribution >= 0.6 is 0 Å². The van der Waals surface area contributed by atoms with E-state index in [-0.39, 0.29) is 6.54 Å². The van der Waals surface area contributed by atoms with E-state index < -0.39 is 12.1 Å². The van der Waals surface area contributed by atoms with Crippen molar-refractivity contribution in [3.05, 3.63) is 0 Å². The highest BCUT2D eigenvalue weighted by Gasteiger charge is 2.43. The van der Waals surface area contributed by atoms with Gasteiger partial charge in [-0.1, -0.05) is 6.92 Å². The number of likely N-dealkylation sites (tertiary alicyclic amines) is 1. The highest BCUT2D eigenvalue weighted by atomic mass is 19.4. The van der Waals surface area contributed by atoms with Crippen molar-refractivity contribution in [2.75, 3.05) is 26.2 Å². The van der Waals surface area contributed by atoms with Crippen LogP contribution in [0.3, 0.4) is 0 Å². The first-order valence-corrected chi connectivity index (χ1v) is 6.00. The highest BCUT2D eigenvalue weighted by molar-refractivity contribution is 4.90. The minimum absolute atomic E-state index is 0.195. The van der Waals surface area contributed by atoms with E-state index in [0.717, 1.165) is 19.6 Å². The Morgan fingerprint density at radius 1 is 1.25 bits per heavy atom. The zero-order chi connectivity index (χ0) is 11.8. The van der Waals surface area contributed by atoms with E-state index in [4.69, 9.17) is 0 Å². The summed E-state index contributed by atoms with van der Waals surface area (Å²) >= 11 is 0. The van der Waals surface area contributed by atoms with Crippen LogP contribution in [0.4, 0.5) is 13.2 Å². The van der Waals surface area contributed by atoms with Crippen LogP contribution < -0.4 is 5.32 Å². The standard InChI is InChI=1S/C11H19F3N2/c1-8-5-15-6-10(8)16-4-2-3-9(7-16)11(12,13)14/h8-10,15H,2-7H2,1H3. The lowest BCUT2D eigenvalue weighted by Gasteiger charge is -2.38. The summed E-state index contributed by atoms with van der Waals surface area (Å²) in [6.07, 6.45) is -3.05. The molecule has 0 aliphatic carbocycles. The van der Waals surface area contributed by atoms with Crippen molar-refractivity contribution >= 4 is 0 Å². The summed E-state index contributed by atoms with van der Waals surface area (Å²) in [5.41, 5.74) is 0. The largest absolute Gasteiger partial charge is 0.393 e. The topological polar surface area (TPSA) is 15.3 Å². The molecule has 0 spiro atoms. The maximum absolute atomic E-state index is 12.7. The molecule has 16 heavy (non-hydrogen) atoms. The zero-order valence-electron chi connectivity index (χ0n) is 9.56. The number of halogens is 3. The van der Waals surface area contributed by atoms with Crippen LogP contribution in [0.25, 0.3) is 0 Å². The minimum atomic E-state index is -4.02. The van der Waals surface area contributed by atoms with Crippen molar-refractivity contribution in [1.29, 1.82) is 0 Å². The first-order chi connectivity index (χ1) is 7.48. The summed E-state index contributed by atoms with van der Waals surface area (Å²) in [6.45, 7) is 4.90. The summed E-state index contributed by atoms with van der Waals surface area (Å²) in [5, 5.41) is 3.25. The maximum Gasteiger partial charge on any atom is 0.393 e. The van der Waals surface area contributed by atoms with Crippen LogP contribution in [-0.2, 0) is 0 Å². The second kappa shape index (κ2) is 4.53. The number of piperidine rings is 1. The molecule has 5 heteroatoms. The average Bonchev–Trinajstić information content (AvgIpc) is 2.63. The zero-order valence-corrected chi connectivity index (χ0v) is 9.56. The van der Waals surface area contributed by atoms with Crippen LogP contribution in [0.15, 0.2) is 0 Å². The van der Waals surface area contributed by atoms with Crippen LogP contribution in [0.5, 0.6) is 0 Å². The molecule has 2 aliphatic heterocycles. The summed E-state index contributed by atoms with van der Waals surface area (Å²) in [7, 11) is 0. The van der Waals surface area contributed by atoms with Gasteiger partial charge in [0.2, 0.25) is 0 Å². The molecule has 2 fully saturated rings. The van der Waals surface area contributed by atoms with E-state index in [9.17, 15) is 13.2 Å². The number of nitrogens with zero attached hydrogens (tertiary/aromatic N) is 1. The Morgan fingerprint density at radius 2 is 2.00 bits per heavy atom. The highest BCUT2D eigenvalue weighted by Crippen LogP contribution is 2.34. The lowest BCUT2D eigenvalue weighted by Crippen LogP contribution is -2.49. The molecule has 3 unspecified atom stereocenters. The molecule has 2 rings (SSSR count). The van der Waals surface area contributed by atoms with E-state index in [0.29, 0.717) is 24.8 Å². The van der Waals surface area contributed by atoms with Gasteiger partial charge in [0.15, 0.2) is 0 Å². The third-order valence-corrected chi connectivity index (χ3v) is 3.86. The molecule has 94 valence electrons. The molecule has 0 saturated carbocycles. The van der Waals surface area contributed by atoms with Crippen molar-refractivity contribution in [3.63, 3.8) is 0 Å². The first-order valence-electron chi connectivity index (χ1n) is 6.00. The summed E-state index contributed by atoms with van der Waals surface area (Å²) in [4.78, 5) is 2.03. The van der Waals surface area contributed by atoms with Crippen molar-refractivity contribution in [2.45, 2.75) is 32.0 Å². The second-order valence-corrected chi connectivity index (χ2v) is 5.08. The van der Waals surface area contributed by atoms with E-state index in [1.807, 2.05) is 4.90 Å². The number of rotatable bonds is 1. The van der Waals surface area contributed by atoms with Crippen LogP contribution in [0, 0.1) is 11.8 Å². The van der Waals surface area contributed by atoms with E-state index >= 15 is 0 Å². The molecular formula is C11H19F3N2. The van der Waals surface area contributed by atoms with Crippen molar-refractivity contribution < 1.29 is 13.2 Å². The Morgan fingerprint density at radius 3 is 2.56 bits per heavy atom. The van der Waals surface area contributed by atoms with Gasteiger partial charge in [-0.05, 0) is 31.8 Å². The third kappa shape index (κ3) is 2.51.